The molecule has 0 bridgehead atoms. The molecule has 0 aliphatic heterocycles. The number of aryl methyl sites for hydroxylation is 2. The number of aromatic hydroxyl groups is 1. The van der Waals surface area contributed by atoms with Crippen molar-refractivity contribution in [3.63, 3.8) is 0 Å². The van der Waals surface area contributed by atoms with Crippen LogP contribution >= 0.6 is 23.6 Å². The van der Waals surface area contributed by atoms with Crippen LogP contribution in [0.4, 0.5) is 0 Å². The fraction of sp³-hybridized carbons (Fsp3) is 0.316. The Morgan fingerprint density at radius 1 is 1.33 bits per heavy atom. The summed E-state index contributed by atoms with van der Waals surface area (Å²) in [6.07, 6.45) is 2.00. The van der Waals surface area contributed by atoms with Crippen LogP contribution in [0.25, 0.3) is 11.0 Å². The van der Waals surface area contributed by atoms with Crippen molar-refractivity contribution in [3.8, 4) is 5.88 Å². The number of hydrogen-bond donors (Lipinski definition) is 2. The van der Waals surface area contributed by atoms with E-state index in [1.165, 1.54) is 22.2 Å². The Morgan fingerprint density at radius 2 is 2.07 bits per heavy atom. The Bertz CT molecular complexity index is 1140. The first-order chi connectivity index (χ1) is 12.8. The molecule has 2 heterocycles. The van der Waals surface area contributed by atoms with E-state index >= 15 is 0 Å². The minimum atomic E-state index is -0.893. The van der Waals surface area contributed by atoms with Gasteiger partial charge in [-0.1, -0.05) is 6.07 Å². The number of thiazole rings is 1. The highest BCUT2D eigenvalue weighted by atomic mass is 32.1. The summed E-state index contributed by atoms with van der Waals surface area (Å²) in [6.45, 7) is 4.13. The van der Waals surface area contributed by atoms with Crippen molar-refractivity contribution in [2.75, 3.05) is 0 Å². The van der Waals surface area contributed by atoms with Crippen LogP contribution in [0.5, 0.6) is 5.88 Å². The monoisotopic (exact) mass is 405 g/mol. The second-order valence-electron chi connectivity index (χ2n) is 6.49. The van der Waals surface area contributed by atoms with Gasteiger partial charge in [-0.05, 0) is 49.7 Å². The maximum absolute atomic E-state index is 12.9. The molecule has 1 aromatic carbocycles. The zero-order valence-electron chi connectivity index (χ0n) is 14.9. The number of hydrogen-bond acceptors (Lipinski definition) is 6. The van der Waals surface area contributed by atoms with Gasteiger partial charge in [0.1, 0.15) is 5.58 Å². The molecule has 0 saturated carbocycles. The topological polar surface area (TPSA) is 92.7 Å². The zero-order chi connectivity index (χ0) is 19.7. The quantitative estimate of drug-likeness (QED) is 0.598. The SMILES string of the molecule is Cc1cc(C)c2c(=O)c(Cc3sc(=S)n(CCCC(=O)O)c3O)coc2c1. The van der Waals surface area contributed by atoms with E-state index in [0.29, 0.717) is 38.3 Å². The Hall–Kier alpha value is -2.45. The summed E-state index contributed by atoms with van der Waals surface area (Å²) in [5, 5.41) is 19.7. The van der Waals surface area contributed by atoms with Gasteiger partial charge >= 0.3 is 5.97 Å². The lowest BCUT2D eigenvalue weighted by Gasteiger charge is -2.06. The fourth-order valence-corrected chi connectivity index (χ4v) is 4.51. The molecule has 0 unspecified atom stereocenters. The van der Waals surface area contributed by atoms with Crippen molar-refractivity contribution in [3.05, 3.63) is 54.1 Å². The van der Waals surface area contributed by atoms with Gasteiger partial charge in [0.15, 0.2) is 9.38 Å². The van der Waals surface area contributed by atoms with Gasteiger partial charge in [0, 0.05) is 24.9 Å². The molecule has 0 radical (unpaired) electrons. The van der Waals surface area contributed by atoms with Crippen LogP contribution in [0, 0.1) is 17.8 Å². The van der Waals surface area contributed by atoms with Crippen molar-refractivity contribution in [2.24, 2.45) is 0 Å². The normalized spacial score (nSPS) is 11.2. The average Bonchev–Trinajstić information content (AvgIpc) is 2.84. The molecule has 0 aliphatic rings. The van der Waals surface area contributed by atoms with E-state index in [2.05, 4.69) is 0 Å². The molecule has 0 saturated heterocycles. The molecule has 3 aromatic rings. The Labute approximate surface area is 164 Å². The predicted molar refractivity (Wildman–Crippen MR) is 106 cm³/mol. The Kier molecular flexibility index (Phi) is 5.48. The lowest BCUT2D eigenvalue weighted by atomic mass is 10.0. The third-order valence-electron chi connectivity index (χ3n) is 4.35. The molecule has 142 valence electrons. The van der Waals surface area contributed by atoms with Gasteiger partial charge in [-0.3, -0.25) is 14.2 Å². The summed E-state index contributed by atoms with van der Waals surface area (Å²) in [7, 11) is 0. The number of aliphatic carboxylic acids is 1. The van der Waals surface area contributed by atoms with Gasteiger partial charge in [-0.2, -0.15) is 0 Å². The highest BCUT2D eigenvalue weighted by Gasteiger charge is 2.16. The van der Waals surface area contributed by atoms with Crippen molar-refractivity contribution >= 4 is 40.5 Å². The smallest absolute Gasteiger partial charge is 0.303 e. The van der Waals surface area contributed by atoms with Crippen LogP contribution in [0.3, 0.4) is 0 Å². The fourth-order valence-electron chi connectivity index (χ4n) is 3.10. The maximum Gasteiger partial charge on any atom is 0.303 e. The summed E-state index contributed by atoms with van der Waals surface area (Å²) >= 11 is 6.49. The van der Waals surface area contributed by atoms with Gasteiger partial charge in [0.05, 0.1) is 16.5 Å². The van der Waals surface area contributed by atoms with E-state index in [1.807, 2.05) is 26.0 Å². The van der Waals surface area contributed by atoms with E-state index < -0.39 is 5.97 Å². The Morgan fingerprint density at radius 3 is 2.78 bits per heavy atom. The first kappa shape index (κ1) is 19.3. The summed E-state index contributed by atoms with van der Waals surface area (Å²) < 4.78 is 7.61. The molecular formula is C19H19NO5S2. The van der Waals surface area contributed by atoms with E-state index in [4.69, 9.17) is 21.7 Å². The first-order valence-corrected chi connectivity index (χ1v) is 9.65. The highest BCUT2D eigenvalue weighted by Crippen LogP contribution is 2.29. The average molecular weight is 405 g/mol. The molecule has 0 fully saturated rings. The number of rotatable bonds is 6. The van der Waals surface area contributed by atoms with Crippen LogP contribution < -0.4 is 5.43 Å². The van der Waals surface area contributed by atoms with Crippen LogP contribution in [0.1, 0.15) is 34.4 Å². The van der Waals surface area contributed by atoms with Gasteiger partial charge in [-0.15, -0.1) is 11.3 Å². The van der Waals surface area contributed by atoms with Gasteiger partial charge in [0.25, 0.3) is 0 Å². The molecular weight excluding hydrogens is 386 g/mol. The van der Waals surface area contributed by atoms with Crippen LogP contribution in [-0.2, 0) is 17.8 Å². The summed E-state index contributed by atoms with van der Waals surface area (Å²) in [5.41, 5.74) is 2.74. The van der Waals surface area contributed by atoms with Crippen molar-refractivity contribution in [2.45, 2.75) is 39.7 Å². The largest absolute Gasteiger partial charge is 0.494 e. The molecule has 2 aromatic heterocycles. The van der Waals surface area contributed by atoms with Crippen molar-refractivity contribution < 1.29 is 19.4 Å². The van der Waals surface area contributed by atoms with Gasteiger partial charge in [-0.25, -0.2) is 0 Å². The number of fused-ring (bicyclic) bond motifs is 1. The van der Waals surface area contributed by atoms with Crippen molar-refractivity contribution in [1.29, 1.82) is 0 Å². The van der Waals surface area contributed by atoms with E-state index in [-0.39, 0.29) is 24.2 Å². The molecule has 0 amide bonds. The summed E-state index contributed by atoms with van der Waals surface area (Å²) in [5.74, 6) is -0.911. The van der Waals surface area contributed by atoms with Crippen molar-refractivity contribution in [1.82, 2.24) is 4.57 Å². The number of carboxylic acids is 1. The highest BCUT2D eigenvalue weighted by molar-refractivity contribution is 7.73. The van der Waals surface area contributed by atoms with E-state index in [1.54, 1.807) is 0 Å². The number of carbonyl (C=O) groups is 1. The molecule has 3 rings (SSSR count). The third-order valence-corrected chi connectivity index (χ3v) is 5.79. The van der Waals surface area contributed by atoms with Crippen LogP contribution in [0.2, 0.25) is 0 Å². The van der Waals surface area contributed by atoms with E-state index in [9.17, 15) is 14.7 Å². The minimum Gasteiger partial charge on any atom is -0.494 e. The Balaban J connectivity index is 1.94. The third kappa shape index (κ3) is 3.96. The van der Waals surface area contributed by atoms with Crippen LogP contribution in [-0.4, -0.2) is 20.7 Å². The number of benzene rings is 1. The van der Waals surface area contributed by atoms with Crippen LogP contribution in [0.15, 0.2) is 27.6 Å². The molecule has 8 heteroatoms. The summed E-state index contributed by atoms with van der Waals surface area (Å²) in [6, 6.07) is 3.76. The first-order valence-electron chi connectivity index (χ1n) is 8.43. The second kappa shape index (κ2) is 7.66. The molecule has 0 atom stereocenters. The summed E-state index contributed by atoms with van der Waals surface area (Å²) in [4.78, 5) is 24.1. The number of nitrogens with zero attached hydrogens (tertiary/aromatic N) is 1. The molecule has 27 heavy (non-hydrogen) atoms. The number of carboxylic acid groups (broad SMARTS) is 1. The lowest BCUT2D eigenvalue weighted by molar-refractivity contribution is -0.137. The van der Waals surface area contributed by atoms with Gasteiger partial charge < -0.3 is 14.6 Å². The lowest BCUT2D eigenvalue weighted by Crippen LogP contribution is -2.10. The molecule has 0 spiro atoms. The zero-order valence-corrected chi connectivity index (χ0v) is 16.6. The predicted octanol–water partition coefficient (Wildman–Crippen LogP) is 4.16. The number of aromatic nitrogens is 1. The standard InChI is InChI=1S/C19H19NO5S2/c1-10-6-11(2)16-13(7-10)25-9-12(17(16)23)8-14-18(24)20(19(26)27-14)5-3-4-15(21)22/h6-7,9,24H,3-5,8H2,1-2H3,(H,21,22). The van der Waals surface area contributed by atoms with Gasteiger partial charge in [0.2, 0.25) is 5.88 Å². The molecule has 6 nitrogen and oxygen atoms in total. The molecule has 2 N–H and O–H groups in total. The maximum atomic E-state index is 12.9. The molecule has 0 aliphatic carbocycles. The second-order valence-corrected chi connectivity index (χ2v) is 8.21. The minimum absolute atomic E-state index is 0.000645. The van der Waals surface area contributed by atoms with E-state index in [0.717, 1.165) is 11.1 Å².